The zero-order valence-electron chi connectivity index (χ0n) is 16.0. The summed E-state index contributed by atoms with van der Waals surface area (Å²) in [5.74, 6) is -0.0689. The van der Waals surface area contributed by atoms with E-state index in [1.807, 2.05) is 12.3 Å². The summed E-state index contributed by atoms with van der Waals surface area (Å²) in [7, 11) is 0. The molecule has 0 saturated carbocycles. The molecule has 2 N–H and O–H groups in total. The number of aliphatic hydroxyl groups excluding tert-OH is 2. The van der Waals surface area contributed by atoms with Crippen LogP contribution in [0.1, 0.15) is 36.3 Å². The quantitative estimate of drug-likeness (QED) is 0.702. The van der Waals surface area contributed by atoms with Gasteiger partial charge in [-0.15, -0.1) is 0 Å². The molecule has 3 rings (SSSR count). The lowest BCUT2D eigenvalue weighted by Crippen LogP contribution is -2.44. The van der Waals surface area contributed by atoms with Gasteiger partial charge in [0.25, 0.3) is 0 Å². The molecule has 152 valence electrons. The number of hydrogen-bond donors (Lipinski definition) is 2. The average Bonchev–Trinajstić information content (AvgIpc) is 2.68. The van der Waals surface area contributed by atoms with Crippen LogP contribution in [-0.4, -0.2) is 52.4 Å². The summed E-state index contributed by atoms with van der Waals surface area (Å²) in [6.07, 6.45) is 6.56. The molecule has 0 aliphatic carbocycles. The van der Waals surface area contributed by atoms with E-state index in [1.54, 1.807) is 12.3 Å². The normalized spacial score (nSPS) is 21.6. The van der Waals surface area contributed by atoms with Gasteiger partial charge in [-0.3, -0.25) is 4.98 Å². The molecule has 2 heterocycles. The van der Waals surface area contributed by atoms with E-state index >= 15 is 0 Å². The molecular formula is C22H28ClFN2O2. The first-order chi connectivity index (χ1) is 13.6. The fourth-order valence-electron chi connectivity index (χ4n) is 4.12. The molecule has 6 heteroatoms. The summed E-state index contributed by atoms with van der Waals surface area (Å²) < 4.78 is 13.3. The lowest BCUT2D eigenvalue weighted by molar-refractivity contribution is 0.0409. The Morgan fingerprint density at radius 3 is 2.82 bits per heavy atom. The van der Waals surface area contributed by atoms with Crippen LogP contribution < -0.4 is 0 Å². The van der Waals surface area contributed by atoms with Crippen LogP contribution in [0, 0.1) is 11.7 Å². The molecule has 0 radical (unpaired) electrons. The standard InChI is InChI=1S/C22H28ClFN2O2/c23-21-12-18(24)5-6-19(21)20-7-10-26(15-22(20)28)14-17(8-11-27)4-3-16-2-1-9-25-13-16/h1-2,5-6,9,12-13,17,20,22,27-28H,3-4,7-8,10-11,14-15H2/t17-,20-,22?/m1/s1. The van der Waals surface area contributed by atoms with Gasteiger partial charge >= 0.3 is 0 Å². The SMILES string of the molecule is OCC[C@@H](CCc1cccnc1)CN1CC[C@H](c2ccc(F)cc2Cl)C(O)C1. The Kier molecular flexibility index (Phi) is 7.80. The van der Waals surface area contributed by atoms with Crippen molar-refractivity contribution < 1.29 is 14.6 Å². The Morgan fingerprint density at radius 2 is 2.14 bits per heavy atom. The Hall–Kier alpha value is -1.53. The predicted octanol–water partition coefficient (Wildman–Crippen LogP) is 3.66. The average molecular weight is 407 g/mol. The third kappa shape index (κ3) is 5.74. The summed E-state index contributed by atoms with van der Waals surface area (Å²) >= 11 is 6.19. The fraction of sp³-hybridized carbons (Fsp3) is 0.500. The van der Waals surface area contributed by atoms with Crippen LogP contribution in [0.15, 0.2) is 42.7 Å². The summed E-state index contributed by atoms with van der Waals surface area (Å²) in [5, 5.41) is 20.5. The minimum Gasteiger partial charge on any atom is -0.396 e. The third-order valence-electron chi connectivity index (χ3n) is 5.65. The van der Waals surface area contributed by atoms with Crippen LogP contribution in [0.5, 0.6) is 0 Å². The van der Waals surface area contributed by atoms with Crippen molar-refractivity contribution in [2.45, 2.75) is 37.7 Å². The summed E-state index contributed by atoms with van der Waals surface area (Å²) in [6, 6.07) is 8.41. The maximum atomic E-state index is 13.3. The highest BCUT2D eigenvalue weighted by atomic mass is 35.5. The summed E-state index contributed by atoms with van der Waals surface area (Å²) in [5.41, 5.74) is 2.02. The highest BCUT2D eigenvalue weighted by Gasteiger charge is 2.31. The van der Waals surface area contributed by atoms with Gasteiger partial charge in [0.15, 0.2) is 0 Å². The summed E-state index contributed by atoms with van der Waals surface area (Å²) in [4.78, 5) is 6.42. The highest BCUT2D eigenvalue weighted by Crippen LogP contribution is 2.34. The highest BCUT2D eigenvalue weighted by molar-refractivity contribution is 6.31. The van der Waals surface area contributed by atoms with Crippen LogP contribution in [0.2, 0.25) is 5.02 Å². The molecule has 1 aromatic heterocycles. The Morgan fingerprint density at radius 1 is 1.29 bits per heavy atom. The van der Waals surface area contributed by atoms with Gasteiger partial charge in [0.05, 0.1) is 6.10 Å². The van der Waals surface area contributed by atoms with Crippen LogP contribution in [0.3, 0.4) is 0 Å². The molecule has 0 bridgehead atoms. The Bertz CT molecular complexity index is 747. The minimum atomic E-state index is -0.537. The van der Waals surface area contributed by atoms with Crippen molar-refractivity contribution in [3.8, 4) is 0 Å². The van der Waals surface area contributed by atoms with Crippen molar-refractivity contribution in [1.82, 2.24) is 9.88 Å². The second-order valence-electron chi connectivity index (χ2n) is 7.67. The van der Waals surface area contributed by atoms with Gasteiger partial charge in [0.1, 0.15) is 5.82 Å². The van der Waals surface area contributed by atoms with Crippen molar-refractivity contribution >= 4 is 11.6 Å². The number of aromatic nitrogens is 1. The number of aryl methyl sites for hydroxylation is 1. The van der Waals surface area contributed by atoms with Crippen LogP contribution in [-0.2, 0) is 6.42 Å². The molecule has 1 unspecified atom stereocenters. The molecule has 0 spiro atoms. The first-order valence-electron chi connectivity index (χ1n) is 9.92. The van der Waals surface area contributed by atoms with Crippen molar-refractivity contribution in [2.24, 2.45) is 5.92 Å². The molecule has 1 aliphatic rings. The lowest BCUT2D eigenvalue weighted by Gasteiger charge is -2.38. The van der Waals surface area contributed by atoms with Crippen LogP contribution >= 0.6 is 11.6 Å². The van der Waals surface area contributed by atoms with Gasteiger partial charge in [-0.25, -0.2) is 4.39 Å². The van der Waals surface area contributed by atoms with Crippen LogP contribution in [0.25, 0.3) is 0 Å². The number of β-amino-alcohol motifs (C(OH)–C–C–N with tert-alkyl or cyclic N) is 1. The van der Waals surface area contributed by atoms with E-state index in [4.69, 9.17) is 11.6 Å². The molecule has 2 aromatic rings. The first-order valence-corrected chi connectivity index (χ1v) is 10.3. The molecule has 1 saturated heterocycles. The number of hydrogen-bond acceptors (Lipinski definition) is 4. The molecule has 1 aliphatic heterocycles. The fourth-order valence-corrected chi connectivity index (χ4v) is 4.43. The maximum absolute atomic E-state index is 13.3. The first kappa shape index (κ1) is 21.2. The van der Waals surface area contributed by atoms with Gasteiger partial charge in [-0.2, -0.15) is 0 Å². The molecular weight excluding hydrogens is 379 g/mol. The monoisotopic (exact) mass is 406 g/mol. The van der Waals surface area contributed by atoms with E-state index in [2.05, 4.69) is 16.0 Å². The zero-order chi connectivity index (χ0) is 19.9. The zero-order valence-corrected chi connectivity index (χ0v) is 16.7. The van der Waals surface area contributed by atoms with E-state index in [0.29, 0.717) is 17.5 Å². The third-order valence-corrected chi connectivity index (χ3v) is 5.97. The van der Waals surface area contributed by atoms with Crippen molar-refractivity contribution in [3.05, 3.63) is 64.7 Å². The smallest absolute Gasteiger partial charge is 0.124 e. The largest absolute Gasteiger partial charge is 0.396 e. The molecule has 28 heavy (non-hydrogen) atoms. The second-order valence-corrected chi connectivity index (χ2v) is 8.07. The molecule has 4 nitrogen and oxygen atoms in total. The lowest BCUT2D eigenvalue weighted by atomic mass is 9.86. The number of rotatable bonds is 8. The number of pyridine rings is 1. The van der Waals surface area contributed by atoms with E-state index < -0.39 is 6.10 Å². The topological polar surface area (TPSA) is 56.6 Å². The molecule has 3 atom stereocenters. The van der Waals surface area contributed by atoms with E-state index in [1.165, 1.54) is 17.7 Å². The van der Waals surface area contributed by atoms with Crippen molar-refractivity contribution in [3.63, 3.8) is 0 Å². The predicted molar refractivity (Wildman–Crippen MR) is 109 cm³/mol. The minimum absolute atomic E-state index is 0.0731. The van der Waals surface area contributed by atoms with Crippen molar-refractivity contribution in [1.29, 1.82) is 0 Å². The van der Waals surface area contributed by atoms with Crippen molar-refractivity contribution in [2.75, 3.05) is 26.2 Å². The summed E-state index contributed by atoms with van der Waals surface area (Å²) in [6.45, 7) is 2.43. The number of benzene rings is 1. The Labute approximate surface area is 171 Å². The maximum Gasteiger partial charge on any atom is 0.124 e. The number of aliphatic hydroxyl groups is 2. The van der Waals surface area contributed by atoms with Gasteiger partial charge in [-0.05, 0) is 67.5 Å². The molecule has 1 aromatic carbocycles. The molecule has 0 amide bonds. The van der Waals surface area contributed by atoms with E-state index in [9.17, 15) is 14.6 Å². The van der Waals surface area contributed by atoms with Crippen LogP contribution in [0.4, 0.5) is 4.39 Å². The van der Waals surface area contributed by atoms with Gasteiger partial charge in [0.2, 0.25) is 0 Å². The molecule has 1 fully saturated rings. The second kappa shape index (κ2) is 10.3. The Balaban J connectivity index is 1.55. The van der Waals surface area contributed by atoms with E-state index in [0.717, 1.165) is 44.3 Å². The number of piperidine rings is 1. The number of halogens is 2. The van der Waals surface area contributed by atoms with Gasteiger partial charge < -0.3 is 15.1 Å². The number of likely N-dealkylation sites (tertiary alicyclic amines) is 1. The van der Waals surface area contributed by atoms with Gasteiger partial charge in [-0.1, -0.05) is 23.7 Å². The van der Waals surface area contributed by atoms with Gasteiger partial charge in [0, 0.05) is 43.0 Å². The van der Waals surface area contributed by atoms with E-state index in [-0.39, 0.29) is 18.3 Å². The number of nitrogens with zero attached hydrogens (tertiary/aromatic N) is 2.